The Morgan fingerprint density at radius 1 is 1.13 bits per heavy atom. The molecule has 0 aliphatic carbocycles. The van der Waals surface area contributed by atoms with Gasteiger partial charge in [-0.3, -0.25) is 4.72 Å². The van der Waals surface area contributed by atoms with Gasteiger partial charge in [0.1, 0.15) is 0 Å². The minimum atomic E-state index is -5.23. The maximum Gasteiger partial charge on any atom is 0.416 e. The van der Waals surface area contributed by atoms with Gasteiger partial charge >= 0.3 is 18.3 Å². The standard InChI is InChI=1S/C15H12F6N2O4S3/c1-3-27-12(24)10-11(22-13(28-2)29-10)23-30(25,26)9-5-7(14(16,17)18)4-8(6-9)15(19,20)21/h4-6,23H,3H2,1-2H3. The van der Waals surface area contributed by atoms with Crippen LogP contribution in [0.1, 0.15) is 27.7 Å². The van der Waals surface area contributed by atoms with Crippen LogP contribution < -0.4 is 4.72 Å². The Bertz CT molecular complexity index is 1020. The van der Waals surface area contributed by atoms with Crippen molar-refractivity contribution in [1.29, 1.82) is 0 Å². The van der Waals surface area contributed by atoms with E-state index >= 15 is 0 Å². The summed E-state index contributed by atoms with van der Waals surface area (Å²) in [6.45, 7) is 1.43. The number of thiazole rings is 1. The molecule has 2 aromatic rings. The van der Waals surface area contributed by atoms with E-state index in [1.165, 1.54) is 6.92 Å². The number of esters is 1. The quantitative estimate of drug-likeness (QED) is 0.350. The number of rotatable bonds is 6. The Balaban J connectivity index is 2.58. The molecule has 0 atom stereocenters. The maximum absolute atomic E-state index is 13.0. The number of sulfonamides is 1. The van der Waals surface area contributed by atoms with Crippen molar-refractivity contribution in [2.45, 2.75) is 28.5 Å². The van der Waals surface area contributed by atoms with Crippen LogP contribution in [0.2, 0.25) is 0 Å². The maximum atomic E-state index is 13.0. The lowest BCUT2D eigenvalue weighted by Crippen LogP contribution is -2.19. The summed E-state index contributed by atoms with van der Waals surface area (Å²) in [6, 6.07) is -0.0787. The second-order valence-corrected chi connectivity index (χ2v) is 9.16. The molecule has 1 N–H and O–H groups in total. The van der Waals surface area contributed by atoms with Crippen LogP contribution in [0.4, 0.5) is 32.2 Å². The van der Waals surface area contributed by atoms with Gasteiger partial charge in [-0.1, -0.05) is 23.1 Å². The zero-order valence-electron chi connectivity index (χ0n) is 15.0. The third kappa shape index (κ3) is 5.57. The molecule has 15 heteroatoms. The first-order valence-electron chi connectivity index (χ1n) is 7.73. The van der Waals surface area contributed by atoms with Gasteiger partial charge in [-0.25, -0.2) is 18.2 Å². The molecule has 1 heterocycles. The Kier molecular flexibility index (Phi) is 6.98. The van der Waals surface area contributed by atoms with E-state index < -0.39 is 50.2 Å². The molecule has 0 radical (unpaired) electrons. The molecule has 2 rings (SSSR count). The molecule has 6 nitrogen and oxygen atoms in total. The predicted octanol–water partition coefficient (Wildman–Crippen LogP) is 4.88. The normalized spacial score (nSPS) is 12.7. The topological polar surface area (TPSA) is 85.4 Å². The van der Waals surface area contributed by atoms with Crippen molar-refractivity contribution in [3.05, 3.63) is 34.2 Å². The molecular formula is C15H12F6N2O4S3. The van der Waals surface area contributed by atoms with Crippen molar-refractivity contribution >= 4 is 44.9 Å². The Hall–Kier alpha value is -2.00. The van der Waals surface area contributed by atoms with Crippen LogP contribution in [0.3, 0.4) is 0 Å². The Morgan fingerprint density at radius 2 is 1.67 bits per heavy atom. The van der Waals surface area contributed by atoms with Gasteiger partial charge < -0.3 is 4.74 Å². The SMILES string of the molecule is CCOC(=O)c1sc(SC)nc1NS(=O)(=O)c1cc(C(F)(F)F)cc(C(F)(F)F)c1. The van der Waals surface area contributed by atoms with Crippen LogP contribution in [0.15, 0.2) is 27.4 Å². The lowest BCUT2D eigenvalue weighted by molar-refractivity contribution is -0.143. The fourth-order valence-corrected chi connectivity index (χ4v) is 4.62. The van der Waals surface area contributed by atoms with E-state index in [9.17, 15) is 39.6 Å². The van der Waals surface area contributed by atoms with Gasteiger partial charge in [-0.2, -0.15) is 26.3 Å². The van der Waals surface area contributed by atoms with Gasteiger partial charge in [0.2, 0.25) is 0 Å². The van der Waals surface area contributed by atoms with Crippen molar-refractivity contribution in [1.82, 2.24) is 4.98 Å². The fourth-order valence-electron chi connectivity index (χ4n) is 2.06. The van der Waals surface area contributed by atoms with E-state index in [1.807, 2.05) is 0 Å². The number of nitrogens with one attached hydrogen (secondary N) is 1. The molecule has 0 aliphatic rings. The largest absolute Gasteiger partial charge is 0.462 e. The Labute approximate surface area is 174 Å². The van der Waals surface area contributed by atoms with E-state index in [-0.39, 0.29) is 34.0 Å². The highest BCUT2D eigenvalue weighted by atomic mass is 32.2. The molecule has 0 unspecified atom stereocenters. The summed E-state index contributed by atoms with van der Waals surface area (Å²) in [5.74, 6) is -1.51. The van der Waals surface area contributed by atoms with Crippen LogP contribution in [0, 0.1) is 0 Å². The summed E-state index contributed by atoms with van der Waals surface area (Å²) in [5.41, 5.74) is -3.60. The first-order chi connectivity index (χ1) is 13.7. The van der Waals surface area contributed by atoms with Crippen LogP contribution in [0.5, 0.6) is 0 Å². The molecule has 0 aliphatic heterocycles. The third-order valence-electron chi connectivity index (χ3n) is 3.35. The first-order valence-corrected chi connectivity index (χ1v) is 11.3. The summed E-state index contributed by atoms with van der Waals surface area (Å²) in [6.07, 6.45) is -8.89. The molecule has 30 heavy (non-hydrogen) atoms. The van der Waals surface area contributed by atoms with Crippen molar-refractivity contribution in [2.24, 2.45) is 0 Å². The van der Waals surface area contributed by atoms with Gasteiger partial charge in [0.05, 0.1) is 22.6 Å². The molecule has 1 aromatic heterocycles. The number of ether oxygens (including phenoxy) is 1. The van der Waals surface area contributed by atoms with E-state index in [0.29, 0.717) is 0 Å². The zero-order valence-corrected chi connectivity index (χ0v) is 17.5. The molecule has 0 spiro atoms. The first kappa shape index (κ1) is 24.3. The number of aromatic nitrogens is 1. The van der Waals surface area contributed by atoms with Crippen LogP contribution in [-0.4, -0.2) is 32.2 Å². The summed E-state index contributed by atoms with van der Waals surface area (Å²) in [4.78, 5) is 14.2. The number of carbonyl (C=O) groups excluding carboxylic acids is 1. The van der Waals surface area contributed by atoms with Crippen LogP contribution in [0.25, 0.3) is 0 Å². The number of hydrogen-bond acceptors (Lipinski definition) is 7. The lowest BCUT2D eigenvalue weighted by Gasteiger charge is -2.15. The summed E-state index contributed by atoms with van der Waals surface area (Å²) < 4.78 is 110. The van der Waals surface area contributed by atoms with Crippen LogP contribution in [-0.2, 0) is 27.1 Å². The number of anilines is 1. The van der Waals surface area contributed by atoms with E-state index in [0.717, 1.165) is 23.1 Å². The number of thioether (sulfide) groups is 1. The van der Waals surface area contributed by atoms with E-state index in [1.54, 1.807) is 11.0 Å². The number of benzene rings is 1. The summed E-state index contributed by atoms with van der Waals surface area (Å²) >= 11 is 1.79. The summed E-state index contributed by atoms with van der Waals surface area (Å²) in [5, 5.41) is 0. The van der Waals surface area contributed by atoms with Crippen molar-refractivity contribution in [2.75, 3.05) is 17.6 Å². The Morgan fingerprint density at radius 3 is 2.10 bits per heavy atom. The molecule has 1 aromatic carbocycles. The van der Waals surface area contributed by atoms with E-state index in [2.05, 4.69) is 4.98 Å². The average molecular weight is 494 g/mol. The third-order valence-corrected chi connectivity index (χ3v) is 6.68. The number of alkyl halides is 6. The zero-order chi connectivity index (χ0) is 22.9. The van der Waals surface area contributed by atoms with Gasteiger partial charge in [0.25, 0.3) is 10.0 Å². The highest BCUT2D eigenvalue weighted by Crippen LogP contribution is 2.38. The van der Waals surface area contributed by atoms with Crippen LogP contribution >= 0.6 is 23.1 Å². The summed E-state index contributed by atoms with van der Waals surface area (Å²) in [7, 11) is -4.97. The second-order valence-electron chi connectivity index (χ2n) is 5.43. The van der Waals surface area contributed by atoms with E-state index in [4.69, 9.17) is 4.74 Å². The second kappa shape index (κ2) is 8.63. The highest BCUT2D eigenvalue weighted by Gasteiger charge is 2.38. The molecule has 0 saturated carbocycles. The number of hydrogen-bond donors (Lipinski definition) is 1. The van der Waals surface area contributed by atoms with Gasteiger partial charge in [0.15, 0.2) is 15.0 Å². The smallest absolute Gasteiger partial charge is 0.416 e. The highest BCUT2D eigenvalue weighted by molar-refractivity contribution is 8.00. The molecule has 0 bridgehead atoms. The minimum absolute atomic E-state index is 0.0555. The minimum Gasteiger partial charge on any atom is -0.462 e. The predicted molar refractivity (Wildman–Crippen MR) is 97.1 cm³/mol. The van der Waals surface area contributed by atoms with Gasteiger partial charge in [0, 0.05) is 0 Å². The van der Waals surface area contributed by atoms with Gasteiger partial charge in [-0.15, -0.1) is 0 Å². The lowest BCUT2D eigenvalue weighted by atomic mass is 10.1. The monoisotopic (exact) mass is 494 g/mol. The number of nitrogens with zero attached hydrogens (tertiary/aromatic N) is 1. The van der Waals surface area contributed by atoms with Crippen molar-refractivity contribution in [3.8, 4) is 0 Å². The molecule has 0 amide bonds. The van der Waals surface area contributed by atoms with Crippen molar-refractivity contribution < 1.29 is 44.3 Å². The average Bonchev–Trinajstić information content (AvgIpc) is 3.02. The number of halogens is 6. The molecule has 0 saturated heterocycles. The fraction of sp³-hybridized carbons (Fsp3) is 0.333. The van der Waals surface area contributed by atoms with Crippen molar-refractivity contribution in [3.63, 3.8) is 0 Å². The number of carbonyl (C=O) groups is 1. The molecular weight excluding hydrogens is 482 g/mol. The molecule has 166 valence electrons. The van der Waals surface area contributed by atoms with Gasteiger partial charge in [-0.05, 0) is 31.4 Å². The molecule has 0 fully saturated rings.